The maximum atomic E-state index is 13.2. The van der Waals surface area contributed by atoms with Crippen molar-refractivity contribution in [3.8, 4) is 0 Å². The summed E-state index contributed by atoms with van der Waals surface area (Å²) in [5, 5.41) is 8.47. The lowest BCUT2D eigenvalue weighted by atomic mass is 10.2. The van der Waals surface area contributed by atoms with Gasteiger partial charge >= 0.3 is 0 Å². The van der Waals surface area contributed by atoms with E-state index in [1.54, 1.807) is 36.4 Å². The molecule has 2 amide bonds. The molecule has 1 aromatic heterocycles. The Kier molecular flexibility index (Phi) is 5.41. The molecule has 6 nitrogen and oxygen atoms in total. The quantitative estimate of drug-likeness (QED) is 0.634. The van der Waals surface area contributed by atoms with Crippen LogP contribution in [-0.4, -0.2) is 16.8 Å². The van der Waals surface area contributed by atoms with Crippen molar-refractivity contribution in [3.05, 3.63) is 78.4 Å². The molecular weight excluding hydrogens is 347 g/mol. The Labute approximate surface area is 155 Å². The number of aromatic nitrogens is 1. The fourth-order valence-corrected chi connectivity index (χ4v) is 2.44. The van der Waals surface area contributed by atoms with E-state index < -0.39 is 11.7 Å². The van der Waals surface area contributed by atoms with Gasteiger partial charge in [-0.15, -0.1) is 0 Å². The third-order valence-corrected chi connectivity index (χ3v) is 3.55. The van der Waals surface area contributed by atoms with Crippen LogP contribution in [0.25, 0.3) is 0 Å². The fraction of sp³-hybridized carbons (Fsp3) is 0.0500. The van der Waals surface area contributed by atoms with E-state index in [9.17, 15) is 14.0 Å². The van der Waals surface area contributed by atoms with Gasteiger partial charge < -0.3 is 16.0 Å². The van der Waals surface area contributed by atoms with E-state index in [-0.39, 0.29) is 11.6 Å². The van der Waals surface area contributed by atoms with Crippen LogP contribution in [0.5, 0.6) is 0 Å². The zero-order valence-corrected chi connectivity index (χ0v) is 14.5. The molecule has 0 aliphatic carbocycles. The summed E-state index contributed by atoms with van der Waals surface area (Å²) in [7, 11) is 0. The second-order valence-electron chi connectivity index (χ2n) is 5.78. The zero-order chi connectivity index (χ0) is 19.2. The van der Waals surface area contributed by atoms with Crippen LogP contribution in [0.2, 0.25) is 0 Å². The van der Waals surface area contributed by atoms with E-state index in [2.05, 4.69) is 20.9 Å². The second kappa shape index (κ2) is 8.09. The highest BCUT2D eigenvalue weighted by molar-refractivity contribution is 6.03. The predicted octanol–water partition coefficient (Wildman–Crippen LogP) is 4.18. The van der Waals surface area contributed by atoms with Crippen LogP contribution >= 0.6 is 0 Å². The number of hydrogen-bond donors (Lipinski definition) is 3. The van der Waals surface area contributed by atoms with Gasteiger partial charge in [0.05, 0.1) is 0 Å². The molecule has 1 heterocycles. The van der Waals surface area contributed by atoms with E-state index in [0.29, 0.717) is 17.1 Å². The summed E-state index contributed by atoms with van der Waals surface area (Å²) >= 11 is 0. The van der Waals surface area contributed by atoms with Gasteiger partial charge in [0, 0.05) is 35.9 Å². The Morgan fingerprint density at radius 3 is 2.26 bits per heavy atom. The van der Waals surface area contributed by atoms with Crippen molar-refractivity contribution in [2.45, 2.75) is 6.92 Å². The first-order valence-electron chi connectivity index (χ1n) is 8.17. The van der Waals surface area contributed by atoms with E-state index >= 15 is 0 Å². The lowest BCUT2D eigenvalue weighted by Gasteiger charge is -2.10. The summed E-state index contributed by atoms with van der Waals surface area (Å²) in [5.74, 6) is -1.04. The number of carbonyl (C=O) groups is 2. The molecule has 0 unspecified atom stereocenters. The van der Waals surface area contributed by atoms with Crippen molar-refractivity contribution in [1.29, 1.82) is 0 Å². The summed E-state index contributed by atoms with van der Waals surface area (Å²) in [6, 6.07) is 16.1. The second-order valence-corrected chi connectivity index (χ2v) is 5.78. The number of anilines is 4. The Bertz CT molecular complexity index is 991. The molecule has 0 aliphatic rings. The van der Waals surface area contributed by atoms with Crippen molar-refractivity contribution in [1.82, 2.24) is 4.98 Å². The van der Waals surface area contributed by atoms with Gasteiger partial charge in [-0.25, -0.2) is 4.39 Å². The van der Waals surface area contributed by atoms with Gasteiger partial charge in [-0.1, -0.05) is 12.1 Å². The van der Waals surface area contributed by atoms with Gasteiger partial charge in [0.25, 0.3) is 5.91 Å². The molecule has 0 fully saturated rings. The molecule has 0 atom stereocenters. The topological polar surface area (TPSA) is 83.1 Å². The number of halogens is 1. The maximum Gasteiger partial charge on any atom is 0.274 e. The highest BCUT2D eigenvalue weighted by Crippen LogP contribution is 2.21. The Morgan fingerprint density at radius 2 is 1.52 bits per heavy atom. The van der Waals surface area contributed by atoms with Crippen LogP contribution in [-0.2, 0) is 4.79 Å². The van der Waals surface area contributed by atoms with Crippen LogP contribution in [0.3, 0.4) is 0 Å². The standard InChI is InChI=1S/C20H17FN4O2/c1-13(26)23-16-6-3-7-17(11-16)24-18-8-9-22-19(12-18)20(27)25-15-5-2-4-14(21)10-15/h2-12H,1H3,(H,22,24)(H,23,26)(H,25,27). The molecular formula is C20H17FN4O2. The van der Waals surface area contributed by atoms with Crippen LogP contribution in [0, 0.1) is 5.82 Å². The summed E-state index contributed by atoms with van der Waals surface area (Å²) in [5.41, 5.74) is 2.58. The molecule has 3 N–H and O–H groups in total. The monoisotopic (exact) mass is 364 g/mol. The van der Waals surface area contributed by atoms with E-state index in [1.807, 2.05) is 6.07 Å². The zero-order valence-electron chi connectivity index (χ0n) is 14.5. The Hall–Kier alpha value is -3.74. The number of rotatable bonds is 5. The van der Waals surface area contributed by atoms with Crippen molar-refractivity contribution in [2.75, 3.05) is 16.0 Å². The van der Waals surface area contributed by atoms with Crippen molar-refractivity contribution in [3.63, 3.8) is 0 Å². The molecule has 0 bridgehead atoms. The summed E-state index contributed by atoms with van der Waals surface area (Å²) in [4.78, 5) is 27.6. The minimum atomic E-state index is -0.448. The number of amides is 2. The fourth-order valence-electron chi connectivity index (χ4n) is 2.44. The molecule has 0 aliphatic heterocycles. The average Bonchev–Trinajstić information content (AvgIpc) is 2.62. The molecule has 3 aromatic rings. The normalized spacial score (nSPS) is 10.1. The number of hydrogen-bond acceptors (Lipinski definition) is 4. The highest BCUT2D eigenvalue weighted by atomic mass is 19.1. The largest absolute Gasteiger partial charge is 0.355 e. The summed E-state index contributed by atoms with van der Waals surface area (Å²) in [6.07, 6.45) is 1.50. The molecule has 0 radical (unpaired) electrons. The van der Waals surface area contributed by atoms with Gasteiger partial charge in [-0.2, -0.15) is 0 Å². The third-order valence-electron chi connectivity index (χ3n) is 3.55. The van der Waals surface area contributed by atoms with E-state index in [1.165, 1.54) is 31.3 Å². The Morgan fingerprint density at radius 1 is 0.852 bits per heavy atom. The lowest BCUT2D eigenvalue weighted by Crippen LogP contribution is -2.14. The molecule has 0 saturated heterocycles. The van der Waals surface area contributed by atoms with Crippen molar-refractivity contribution < 1.29 is 14.0 Å². The van der Waals surface area contributed by atoms with Gasteiger partial charge in [0.15, 0.2) is 0 Å². The van der Waals surface area contributed by atoms with E-state index in [4.69, 9.17) is 0 Å². The minimum Gasteiger partial charge on any atom is -0.355 e. The molecule has 136 valence electrons. The van der Waals surface area contributed by atoms with Crippen molar-refractivity contribution >= 4 is 34.6 Å². The Balaban J connectivity index is 1.73. The van der Waals surface area contributed by atoms with Crippen LogP contribution in [0.15, 0.2) is 66.9 Å². The van der Waals surface area contributed by atoms with E-state index in [0.717, 1.165) is 5.69 Å². The van der Waals surface area contributed by atoms with Gasteiger partial charge in [-0.3, -0.25) is 14.6 Å². The SMILES string of the molecule is CC(=O)Nc1cccc(Nc2ccnc(C(=O)Nc3cccc(F)c3)c2)c1. The number of benzene rings is 2. The third kappa shape index (κ3) is 5.12. The molecule has 7 heteroatoms. The summed E-state index contributed by atoms with van der Waals surface area (Å²) < 4.78 is 13.2. The van der Waals surface area contributed by atoms with Gasteiger partial charge in [0.2, 0.25) is 5.91 Å². The average molecular weight is 364 g/mol. The minimum absolute atomic E-state index is 0.160. The molecule has 27 heavy (non-hydrogen) atoms. The lowest BCUT2D eigenvalue weighted by molar-refractivity contribution is -0.114. The van der Waals surface area contributed by atoms with Gasteiger partial charge in [0.1, 0.15) is 11.5 Å². The van der Waals surface area contributed by atoms with Gasteiger partial charge in [-0.05, 0) is 48.5 Å². The number of nitrogens with one attached hydrogen (secondary N) is 3. The maximum absolute atomic E-state index is 13.2. The molecule has 2 aromatic carbocycles. The number of nitrogens with zero attached hydrogens (tertiary/aromatic N) is 1. The van der Waals surface area contributed by atoms with Crippen LogP contribution < -0.4 is 16.0 Å². The highest BCUT2D eigenvalue weighted by Gasteiger charge is 2.09. The predicted molar refractivity (Wildman–Crippen MR) is 103 cm³/mol. The molecule has 3 rings (SSSR count). The molecule has 0 saturated carbocycles. The first-order valence-corrected chi connectivity index (χ1v) is 8.17. The van der Waals surface area contributed by atoms with Crippen LogP contribution in [0.1, 0.15) is 17.4 Å². The van der Waals surface area contributed by atoms with Crippen LogP contribution in [0.4, 0.5) is 27.1 Å². The number of carbonyl (C=O) groups excluding carboxylic acids is 2. The first-order chi connectivity index (χ1) is 13.0. The number of pyridine rings is 1. The first kappa shape index (κ1) is 18.1. The smallest absolute Gasteiger partial charge is 0.274 e. The van der Waals surface area contributed by atoms with Crippen molar-refractivity contribution in [2.24, 2.45) is 0 Å². The molecule has 0 spiro atoms. The summed E-state index contributed by atoms with van der Waals surface area (Å²) in [6.45, 7) is 1.44.